The summed E-state index contributed by atoms with van der Waals surface area (Å²) in [5, 5.41) is 4.24. The minimum Gasteiger partial charge on any atom is -0.350 e. The SMILES string of the molecule is Cc1sc(-n2cccc2)c(C(=O)NCC2(N(C)C)CCCC2)c1C. The number of carbonyl (C=O) groups excluding carboxylic acids is 1. The number of hydrogen-bond acceptors (Lipinski definition) is 3. The van der Waals surface area contributed by atoms with Gasteiger partial charge in [0, 0.05) is 29.4 Å². The molecular formula is C19H27N3OS. The lowest BCUT2D eigenvalue weighted by atomic mass is 9.96. The van der Waals surface area contributed by atoms with Crippen molar-refractivity contribution >= 4 is 17.2 Å². The van der Waals surface area contributed by atoms with Crippen LogP contribution in [0.15, 0.2) is 24.5 Å². The van der Waals surface area contributed by atoms with Crippen molar-refractivity contribution in [1.82, 2.24) is 14.8 Å². The van der Waals surface area contributed by atoms with Gasteiger partial charge in [-0.1, -0.05) is 12.8 Å². The summed E-state index contributed by atoms with van der Waals surface area (Å²) in [7, 11) is 4.26. The van der Waals surface area contributed by atoms with E-state index in [1.165, 1.54) is 17.7 Å². The summed E-state index contributed by atoms with van der Waals surface area (Å²) in [6, 6.07) is 3.98. The molecule has 0 spiro atoms. The molecule has 2 aromatic heterocycles. The van der Waals surface area contributed by atoms with Crippen molar-refractivity contribution < 1.29 is 4.79 Å². The molecule has 0 radical (unpaired) electrons. The lowest BCUT2D eigenvalue weighted by Gasteiger charge is -2.36. The van der Waals surface area contributed by atoms with Crippen LogP contribution in [-0.4, -0.2) is 41.6 Å². The van der Waals surface area contributed by atoms with Gasteiger partial charge in [0.2, 0.25) is 0 Å². The third-order valence-corrected chi connectivity index (χ3v) is 6.71. The molecule has 1 aliphatic carbocycles. The molecule has 1 N–H and O–H groups in total. The Morgan fingerprint density at radius 3 is 2.46 bits per heavy atom. The van der Waals surface area contributed by atoms with E-state index in [0.29, 0.717) is 0 Å². The first-order valence-electron chi connectivity index (χ1n) is 8.63. The number of likely N-dealkylation sites (N-methyl/N-ethyl adjacent to an activating group) is 1. The van der Waals surface area contributed by atoms with Crippen molar-refractivity contribution in [3.8, 4) is 5.00 Å². The fourth-order valence-electron chi connectivity index (χ4n) is 3.68. The monoisotopic (exact) mass is 345 g/mol. The Bertz CT molecular complexity index is 709. The van der Waals surface area contributed by atoms with Crippen molar-refractivity contribution in [3.63, 3.8) is 0 Å². The summed E-state index contributed by atoms with van der Waals surface area (Å²) < 4.78 is 2.04. The van der Waals surface area contributed by atoms with Crippen LogP contribution in [0.2, 0.25) is 0 Å². The van der Waals surface area contributed by atoms with Crippen molar-refractivity contribution in [2.75, 3.05) is 20.6 Å². The number of amides is 1. The van der Waals surface area contributed by atoms with E-state index < -0.39 is 0 Å². The standard InChI is InChI=1S/C19H27N3OS/c1-14-15(2)24-18(22-11-7-8-12-22)16(14)17(23)20-13-19(21(3)4)9-5-6-10-19/h7-8,11-12H,5-6,9-10,13H2,1-4H3,(H,20,23). The smallest absolute Gasteiger partial charge is 0.254 e. The topological polar surface area (TPSA) is 37.3 Å². The molecule has 24 heavy (non-hydrogen) atoms. The Hall–Kier alpha value is -1.59. The van der Waals surface area contributed by atoms with E-state index in [0.717, 1.165) is 35.5 Å². The summed E-state index contributed by atoms with van der Waals surface area (Å²) >= 11 is 1.68. The van der Waals surface area contributed by atoms with Gasteiger partial charge in [0.25, 0.3) is 5.91 Å². The van der Waals surface area contributed by atoms with E-state index in [2.05, 4.69) is 31.2 Å². The molecule has 0 saturated heterocycles. The molecule has 0 unspecified atom stereocenters. The average Bonchev–Trinajstić information content (AvgIpc) is 3.27. The quantitative estimate of drug-likeness (QED) is 0.896. The van der Waals surface area contributed by atoms with Gasteiger partial charge in [-0.25, -0.2) is 0 Å². The normalized spacial score (nSPS) is 16.7. The highest BCUT2D eigenvalue weighted by Crippen LogP contribution is 2.34. The molecule has 3 rings (SSSR count). The van der Waals surface area contributed by atoms with Crippen molar-refractivity contribution in [1.29, 1.82) is 0 Å². The van der Waals surface area contributed by atoms with Crippen LogP contribution < -0.4 is 5.32 Å². The highest BCUT2D eigenvalue weighted by atomic mass is 32.1. The van der Waals surface area contributed by atoms with Gasteiger partial charge in [-0.2, -0.15) is 0 Å². The van der Waals surface area contributed by atoms with Crippen LogP contribution in [0.1, 0.15) is 46.5 Å². The largest absolute Gasteiger partial charge is 0.350 e. The number of rotatable bonds is 5. The van der Waals surface area contributed by atoms with Crippen LogP contribution in [0.3, 0.4) is 0 Å². The second-order valence-corrected chi connectivity index (χ2v) is 8.27. The van der Waals surface area contributed by atoms with Gasteiger partial charge in [-0.3, -0.25) is 4.79 Å². The van der Waals surface area contributed by atoms with Crippen LogP contribution in [0.4, 0.5) is 0 Å². The van der Waals surface area contributed by atoms with Crippen LogP contribution in [0.25, 0.3) is 5.00 Å². The molecule has 130 valence electrons. The Balaban J connectivity index is 1.83. The van der Waals surface area contributed by atoms with E-state index in [4.69, 9.17) is 0 Å². The number of nitrogens with one attached hydrogen (secondary N) is 1. The number of aromatic nitrogens is 1. The van der Waals surface area contributed by atoms with E-state index in [1.54, 1.807) is 11.3 Å². The summed E-state index contributed by atoms with van der Waals surface area (Å²) in [4.78, 5) is 16.5. The maximum absolute atomic E-state index is 13.0. The molecule has 0 aromatic carbocycles. The Morgan fingerprint density at radius 2 is 1.88 bits per heavy atom. The van der Waals surface area contributed by atoms with Gasteiger partial charge in [0.05, 0.1) is 5.56 Å². The lowest BCUT2D eigenvalue weighted by Crippen LogP contribution is -2.50. The maximum atomic E-state index is 13.0. The molecule has 1 aliphatic rings. The second kappa shape index (κ2) is 6.73. The molecular weight excluding hydrogens is 318 g/mol. The lowest BCUT2D eigenvalue weighted by molar-refractivity contribution is 0.0900. The van der Waals surface area contributed by atoms with E-state index in [9.17, 15) is 4.79 Å². The fraction of sp³-hybridized carbons (Fsp3) is 0.526. The first kappa shape index (κ1) is 17.2. The Labute approximate surface area is 148 Å². The molecule has 0 atom stereocenters. The number of aryl methyl sites for hydroxylation is 1. The van der Waals surface area contributed by atoms with Gasteiger partial charge in [-0.05, 0) is 58.5 Å². The Kier molecular flexibility index (Phi) is 4.83. The van der Waals surface area contributed by atoms with Gasteiger partial charge in [-0.15, -0.1) is 11.3 Å². The van der Waals surface area contributed by atoms with Crippen molar-refractivity contribution in [2.24, 2.45) is 0 Å². The maximum Gasteiger partial charge on any atom is 0.254 e. The fourth-order valence-corrected chi connectivity index (χ4v) is 4.80. The van der Waals surface area contributed by atoms with Crippen molar-refractivity contribution in [2.45, 2.75) is 45.1 Å². The Morgan fingerprint density at radius 1 is 1.25 bits per heavy atom. The highest BCUT2D eigenvalue weighted by Gasteiger charge is 2.36. The first-order valence-corrected chi connectivity index (χ1v) is 9.45. The number of hydrogen-bond donors (Lipinski definition) is 1. The molecule has 2 heterocycles. The third-order valence-electron chi connectivity index (χ3n) is 5.49. The molecule has 0 aliphatic heterocycles. The second-order valence-electron chi connectivity index (χ2n) is 7.06. The summed E-state index contributed by atoms with van der Waals surface area (Å²) in [5.41, 5.74) is 2.02. The summed E-state index contributed by atoms with van der Waals surface area (Å²) in [6.45, 7) is 4.85. The van der Waals surface area contributed by atoms with Crippen molar-refractivity contribution in [3.05, 3.63) is 40.5 Å². The van der Waals surface area contributed by atoms with Gasteiger partial charge >= 0.3 is 0 Å². The first-order chi connectivity index (χ1) is 11.4. The minimum atomic E-state index is 0.0497. The molecule has 0 bridgehead atoms. The summed E-state index contributed by atoms with van der Waals surface area (Å²) in [6.07, 6.45) is 8.82. The molecule has 2 aromatic rings. The predicted octanol–water partition coefficient (Wildman–Crippen LogP) is 3.76. The van der Waals surface area contributed by atoms with Gasteiger partial charge in [0.15, 0.2) is 0 Å². The third kappa shape index (κ3) is 3.03. The zero-order valence-corrected chi connectivity index (χ0v) is 15.9. The number of thiophene rings is 1. The van der Waals surface area contributed by atoms with E-state index >= 15 is 0 Å². The van der Waals surface area contributed by atoms with E-state index in [-0.39, 0.29) is 11.4 Å². The highest BCUT2D eigenvalue weighted by molar-refractivity contribution is 7.15. The van der Waals surface area contributed by atoms with Gasteiger partial charge < -0.3 is 14.8 Å². The molecule has 1 saturated carbocycles. The van der Waals surface area contributed by atoms with Crippen LogP contribution in [0.5, 0.6) is 0 Å². The molecule has 1 amide bonds. The predicted molar refractivity (Wildman–Crippen MR) is 100 cm³/mol. The van der Waals surface area contributed by atoms with Crippen LogP contribution >= 0.6 is 11.3 Å². The molecule has 4 nitrogen and oxygen atoms in total. The van der Waals surface area contributed by atoms with Crippen LogP contribution in [-0.2, 0) is 0 Å². The van der Waals surface area contributed by atoms with E-state index in [1.807, 2.05) is 36.0 Å². The van der Waals surface area contributed by atoms with Gasteiger partial charge in [0.1, 0.15) is 5.00 Å². The molecule has 5 heteroatoms. The zero-order chi connectivity index (χ0) is 17.3. The molecule has 1 fully saturated rings. The minimum absolute atomic E-state index is 0.0497. The van der Waals surface area contributed by atoms with Crippen LogP contribution in [0, 0.1) is 13.8 Å². The zero-order valence-electron chi connectivity index (χ0n) is 15.1. The average molecular weight is 346 g/mol. The summed E-state index contributed by atoms with van der Waals surface area (Å²) in [5.74, 6) is 0.0497. The number of carbonyl (C=O) groups is 1. The number of nitrogens with zero attached hydrogens (tertiary/aromatic N) is 2.